The first-order chi connectivity index (χ1) is 14.2. The molecule has 8 nitrogen and oxygen atoms in total. The van der Waals surface area contributed by atoms with Crippen molar-refractivity contribution in [2.24, 2.45) is 5.10 Å². The number of nitrogens with zero attached hydrogens (tertiary/aromatic N) is 3. The lowest BCUT2D eigenvalue weighted by Crippen LogP contribution is -2.36. The topological polar surface area (TPSA) is 103 Å². The Morgan fingerprint density at radius 1 is 1.17 bits per heavy atom. The van der Waals surface area contributed by atoms with Gasteiger partial charge in [-0.25, -0.2) is 9.97 Å². The first kappa shape index (κ1) is 18.0. The van der Waals surface area contributed by atoms with Crippen molar-refractivity contribution < 1.29 is 4.79 Å². The van der Waals surface area contributed by atoms with E-state index in [4.69, 9.17) is 0 Å². The smallest absolute Gasteiger partial charge is 0.270 e. The Balaban J connectivity index is 1.32. The summed E-state index contributed by atoms with van der Waals surface area (Å²) in [5.74, 6) is 0.751. The normalized spacial score (nSPS) is 20.7. The molecule has 0 spiro atoms. The first-order valence-corrected chi connectivity index (χ1v) is 10.5. The van der Waals surface area contributed by atoms with E-state index in [0.717, 1.165) is 41.4 Å². The molecule has 1 aromatic carbocycles. The van der Waals surface area contributed by atoms with Crippen molar-refractivity contribution in [2.45, 2.75) is 18.4 Å². The number of anilines is 2. The predicted molar refractivity (Wildman–Crippen MR) is 115 cm³/mol. The fourth-order valence-corrected chi connectivity index (χ4v) is 4.47. The maximum absolute atomic E-state index is 12.5. The number of fused-ring (bicyclic) bond motifs is 1. The van der Waals surface area contributed by atoms with Crippen LogP contribution in [0.3, 0.4) is 0 Å². The number of carbonyl (C=O) groups excluding carboxylic acids is 1. The quantitative estimate of drug-likeness (QED) is 0.517. The largest absolute Gasteiger partial charge is 0.347 e. The molecule has 2 aliphatic rings. The number of hydrogen-bond donors (Lipinski definition) is 4. The molecule has 0 aliphatic carbocycles. The van der Waals surface area contributed by atoms with Gasteiger partial charge in [-0.1, -0.05) is 23.5 Å². The third-order valence-electron chi connectivity index (χ3n) is 5.11. The number of thiazole rings is 1. The zero-order valence-electron chi connectivity index (χ0n) is 15.7. The van der Waals surface area contributed by atoms with Crippen molar-refractivity contribution in [3.63, 3.8) is 0 Å². The van der Waals surface area contributed by atoms with Crippen LogP contribution in [0, 0.1) is 0 Å². The molecule has 29 heavy (non-hydrogen) atoms. The van der Waals surface area contributed by atoms with Crippen LogP contribution >= 0.6 is 11.3 Å². The monoisotopic (exact) mass is 407 g/mol. The van der Waals surface area contributed by atoms with Crippen LogP contribution in [0.15, 0.2) is 41.5 Å². The summed E-state index contributed by atoms with van der Waals surface area (Å²) in [6.45, 7) is 2.56. The van der Waals surface area contributed by atoms with Crippen molar-refractivity contribution in [1.82, 2.24) is 26.0 Å². The summed E-state index contributed by atoms with van der Waals surface area (Å²) in [6.07, 6.45) is 2.88. The second kappa shape index (κ2) is 7.76. The molecule has 0 bridgehead atoms. The zero-order valence-corrected chi connectivity index (χ0v) is 16.5. The molecule has 1 saturated heterocycles. The van der Waals surface area contributed by atoms with Crippen molar-refractivity contribution in [3.8, 4) is 0 Å². The lowest BCUT2D eigenvalue weighted by Gasteiger charge is -2.11. The van der Waals surface area contributed by atoms with Gasteiger partial charge in [0.2, 0.25) is 0 Å². The molecule has 4 N–H and O–H groups in total. The zero-order chi connectivity index (χ0) is 19.6. The summed E-state index contributed by atoms with van der Waals surface area (Å²) in [6, 6.07) is 11.8. The summed E-state index contributed by atoms with van der Waals surface area (Å²) in [5.41, 5.74) is 5.55. The third kappa shape index (κ3) is 3.92. The van der Waals surface area contributed by atoms with E-state index in [-0.39, 0.29) is 11.9 Å². The van der Waals surface area contributed by atoms with Gasteiger partial charge in [-0.2, -0.15) is 5.10 Å². The number of carbonyl (C=O) groups is 1. The molecule has 0 radical (unpaired) electrons. The number of hydrazone groups is 1. The summed E-state index contributed by atoms with van der Waals surface area (Å²) >= 11 is 1.57. The van der Waals surface area contributed by atoms with Gasteiger partial charge in [-0.15, -0.1) is 0 Å². The minimum atomic E-state index is -0.150. The van der Waals surface area contributed by atoms with Gasteiger partial charge in [-0.05, 0) is 42.8 Å². The third-order valence-corrected chi connectivity index (χ3v) is 6.04. The molecule has 2 aliphatic heterocycles. The van der Waals surface area contributed by atoms with Crippen molar-refractivity contribution in [3.05, 3.63) is 47.7 Å². The highest BCUT2D eigenvalue weighted by Gasteiger charge is 2.19. The number of nitrogens with one attached hydrogen (secondary N) is 4. The highest BCUT2D eigenvalue weighted by atomic mass is 32.1. The number of pyridine rings is 1. The fraction of sp³-hybridized carbons (Fsp3) is 0.300. The van der Waals surface area contributed by atoms with Gasteiger partial charge in [0, 0.05) is 31.3 Å². The van der Waals surface area contributed by atoms with Crippen LogP contribution in [0.2, 0.25) is 0 Å². The first-order valence-electron chi connectivity index (χ1n) is 9.67. The Bertz CT molecular complexity index is 1070. The molecule has 9 heteroatoms. The van der Waals surface area contributed by atoms with Crippen molar-refractivity contribution in [2.75, 3.05) is 25.0 Å². The number of benzene rings is 1. The van der Waals surface area contributed by atoms with E-state index in [2.05, 4.69) is 48.6 Å². The Kier molecular flexibility index (Phi) is 4.82. The molecular weight excluding hydrogens is 386 g/mol. The number of aromatic nitrogens is 2. The van der Waals surface area contributed by atoms with Crippen LogP contribution in [-0.2, 0) is 0 Å². The van der Waals surface area contributed by atoms with E-state index in [1.807, 2.05) is 24.4 Å². The maximum Gasteiger partial charge on any atom is 0.270 e. The highest BCUT2D eigenvalue weighted by molar-refractivity contribution is 7.22. The molecule has 5 rings (SSSR count). The van der Waals surface area contributed by atoms with E-state index >= 15 is 0 Å². The molecular formula is C20H21N7OS. The van der Waals surface area contributed by atoms with Gasteiger partial charge in [0.15, 0.2) is 5.13 Å². The Morgan fingerprint density at radius 3 is 2.97 bits per heavy atom. The highest BCUT2D eigenvalue weighted by Crippen LogP contribution is 2.30. The maximum atomic E-state index is 12.5. The lowest BCUT2D eigenvalue weighted by atomic mass is 10.0. The SMILES string of the molecule is O=C(NC1CCNC1)c1cccc(Nc2nc3ccc(C4C=NNC4)cc3s2)n1. The number of amides is 1. The molecule has 4 heterocycles. The van der Waals surface area contributed by atoms with Gasteiger partial charge >= 0.3 is 0 Å². The molecule has 0 saturated carbocycles. The van der Waals surface area contributed by atoms with E-state index in [1.54, 1.807) is 17.4 Å². The van der Waals surface area contributed by atoms with Crippen LogP contribution in [0.1, 0.15) is 28.4 Å². The van der Waals surface area contributed by atoms with Crippen LogP contribution < -0.4 is 21.4 Å². The van der Waals surface area contributed by atoms with Gasteiger partial charge in [0.1, 0.15) is 11.5 Å². The van der Waals surface area contributed by atoms with Crippen molar-refractivity contribution >= 4 is 44.6 Å². The van der Waals surface area contributed by atoms with Crippen LogP contribution in [0.25, 0.3) is 10.2 Å². The Morgan fingerprint density at radius 2 is 2.14 bits per heavy atom. The van der Waals surface area contributed by atoms with Crippen LogP contribution in [0.5, 0.6) is 0 Å². The molecule has 1 amide bonds. The Labute approximate surface area is 171 Å². The van der Waals surface area contributed by atoms with Crippen LogP contribution in [-0.4, -0.2) is 47.8 Å². The van der Waals surface area contributed by atoms with Crippen LogP contribution in [0.4, 0.5) is 10.9 Å². The molecule has 2 aromatic heterocycles. The lowest BCUT2D eigenvalue weighted by molar-refractivity contribution is 0.0935. The standard InChI is InChI=1S/C20H21N7OS/c28-19(24-14-6-7-21-11-14)16-2-1-3-18(25-16)27-20-26-15-5-4-12(8-17(15)29-20)13-9-22-23-10-13/h1-5,8-9,13-14,21,23H,6-7,10-11H2,(H,24,28)(H,25,26,27). The predicted octanol–water partition coefficient (Wildman–Crippen LogP) is 2.20. The van der Waals surface area contributed by atoms with Gasteiger partial charge in [0.05, 0.1) is 10.2 Å². The van der Waals surface area contributed by atoms with E-state index in [0.29, 0.717) is 17.4 Å². The van der Waals surface area contributed by atoms with Gasteiger partial charge in [0.25, 0.3) is 5.91 Å². The van der Waals surface area contributed by atoms with E-state index in [1.165, 1.54) is 5.56 Å². The molecule has 2 atom stereocenters. The molecule has 1 fully saturated rings. The average Bonchev–Trinajstić information content (AvgIpc) is 3.49. The van der Waals surface area contributed by atoms with E-state index in [9.17, 15) is 4.79 Å². The Hall–Kier alpha value is -3.04. The number of hydrogen-bond acceptors (Lipinski definition) is 8. The summed E-state index contributed by atoms with van der Waals surface area (Å²) < 4.78 is 1.10. The molecule has 2 unspecified atom stereocenters. The average molecular weight is 408 g/mol. The second-order valence-electron chi connectivity index (χ2n) is 7.19. The van der Waals surface area contributed by atoms with E-state index < -0.39 is 0 Å². The summed E-state index contributed by atoms with van der Waals surface area (Å²) in [4.78, 5) is 21.6. The molecule has 3 aromatic rings. The molecule has 148 valence electrons. The summed E-state index contributed by atoms with van der Waals surface area (Å²) in [5, 5.41) is 14.3. The minimum absolute atomic E-state index is 0.150. The van der Waals surface area contributed by atoms with Gasteiger partial charge < -0.3 is 21.4 Å². The number of rotatable bonds is 5. The van der Waals surface area contributed by atoms with Crippen molar-refractivity contribution in [1.29, 1.82) is 0 Å². The minimum Gasteiger partial charge on any atom is -0.347 e. The van der Waals surface area contributed by atoms with Gasteiger partial charge in [-0.3, -0.25) is 4.79 Å². The second-order valence-corrected chi connectivity index (χ2v) is 8.22. The fourth-order valence-electron chi connectivity index (χ4n) is 3.55. The summed E-state index contributed by atoms with van der Waals surface area (Å²) in [7, 11) is 0.